The normalized spacial score (nSPS) is 16.9. The molecule has 1 aliphatic carbocycles. The van der Waals surface area contributed by atoms with Gasteiger partial charge in [0.15, 0.2) is 5.16 Å². The number of nitrogens with one attached hydrogen (secondary N) is 1. The summed E-state index contributed by atoms with van der Waals surface area (Å²) >= 11 is 7.38. The number of aliphatic hydroxyl groups is 1. The molecule has 1 saturated carbocycles. The molecule has 0 bridgehead atoms. The number of aliphatic hydroxyl groups excluding tert-OH is 1. The van der Waals surface area contributed by atoms with Crippen molar-refractivity contribution in [2.45, 2.75) is 24.4 Å². The molecule has 1 aromatic heterocycles. The van der Waals surface area contributed by atoms with Crippen molar-refractivity contribution in [1.29, 1.82) is 0 Å². The minimum absolute atomic E-state index is 0.252. The molecular formula is C11H16ClN3OS. The van der Waals surface area contributed by atoms with E-state index in [-0.39, 0.29) is 12.0 Å². The molecule has 1 aliphatic rings. The minimum Gasteiger partial charge on any atom is -0.396 e. The Morgan fingerprint density at radius 3 is 2.88 bits per heavy atom. The third-order valence-corrected chi connectivity index (χ3v) is 3.84. The molecule has 0 unspecified atom stereocenters. The maximum atomic E-state index is 8.99. The third-order valence-electron chi connectivity index (χ3n) is 3.10. The molecule has 4 nitrogen and oxygen atoms in total. The van der Waals surface area contributed by atoms with E-state index in [0.717, 1.165) is 18.8 Å². The van der Waals surface area contributed by atoms with Gasteiger partial charge in [0.25, 0.3) is 0 Å². The van der Waals surface area contributed by atoms with Crippen molar-refractivity contribution in [2.75, 3.05) is 24.7 Å². The summed E-state index contributed by atoms with van der Waals surface area (Å²) in [5, 5.41) is 13.4. The van der Waals surface area contributed by atoms with Crippen LogP contribution in [0.4, 0.5) is 5.82 Å². The minimum atomic E-state index is 0.252. The maximum Gasteiger partial charge on any atom is 0.190 e. The molecule has 1 fully saturated rings. The van der Waals surface area contributed by atoms with Crippen molar-refractivity contribution < 1.29 is 5.11 Å². The van der Waals surface area contributed by atoms with Crippen molar-refractivity contribution in [3.05, 3.63) is 11.2 Å². The first kappa shape index (κ1) is 12.9. The highest BCUT2D eigenvalue weighted by atomic mass is 35.5. The molecule has 0 atom stereocenters. The summed E-state index contributed by atoms with van der Waals surface area (Å²) < 4.78 is 0. The predicted molar refractivity (Wildman–Crippen MR) is 70.7 cm³/mol. The number of hydrogen-bond donors (Lipinski definition) is 2. The van der Waals surface area contributed by atoms with Crippen molar-refractivity contribution in [3.8, 4) is 0 Å². The highest BCUT2D eigenvalue weighted by Gasteiger charge is 2.41. The molecule has 1 heterocycles. The summed E-state index contributed by atoms with van der Waals surface area (Å²) in [6, 6.07) is 1.73. The monoisotopic (exact) mass is 273 g/mol. The SMILES string of the molecule is CSc1nc(Cl)cc(NCC2(CCO)CC2)n1. The standard InChI is InChI=1S/C11H16ClN3OS/c1-17-10-14-8(12)6-9(15-10)13-7-11(2-3-11)4-5-16/h6,16H,2-5,7H2,1H3,(H,13,14,15). The van der Waals surface area contributed by atoms with E-state index in [4.69, 9.17) is 16.7 Å². The van der Waals surface area contributed by atoms with Crippen LogP contribution in [0, 0.1) is 5.41 Å². The highest BCUT2D eigenvalue weighted by Crippen LogP contribution is 2.48. The summed E-state index contributed by atoms with van der Waals surface area (Å²) in [7, 11) is 0. The summed E-state index contributed by atoms with van der Waals surface area (Å²) in [4.78, 5) is 8.42. The van der Waals surface area contributed by atoms with Crippen LogP contribution in [0.1, 0.15) is 19.3 Å². The lowest BCUT2D eigenvalue weighted by Crippen LogP contribution is -2.17. The van der Waals surface area contributed by atoms with Crippen LogP contribution in [0.25, 0.3) is 0 Å². The molecule has 0 spiro atoms. The van der Waals surface area contributed by atoms with E-state index in [0.29, 0.717) is 10.3 Å². The number of rotatable bonds is 6. The fourth-order valence-electron chi connectivity index (χ4n) is 1.79. The second kappa shape index (κ2) is 5.42. The van der Waals surface area contributed by atoms with Gasteiger partial charge >= 0.3 is 0 Å². The predicted octanol–water partition coefficient (Wildman–Crippen LogP) is 2.43. The summed E-state index contributed by atoms with van der Waals surface area (Å²) in [5.74, 6) is 0.763. The van der Waals surface area contributed by atoms with Gasteiger partial charge in [0.05, 0.1) is 0 Å². The lowest BCUT2D eigenvalue weighted by Gasteiger charge is -2.15. The van der Waals surface area contributed by atoms with E-state index in [1.807, 2.05) is 6.26 Å². The fraction of sp³-hybridized carbons (Fsp3) is 0.636. The molecule has 1 aromatic rings. The van der Waals surface area contributed by atoms with E-state index in [1.165, 1.54) is 24.6 Å². The third kappa shape index (κ3) is 3.47. The van der Waals surface area contributed by atoms with Crippen molar-refractivity contribution >= 4 is 29.2 Å². The number of halogens is 1. The van der Waals surface area contributed by atoms with Gasteiger partial charge in [-0.3, -0.25) is 0 Å². The number of anilines is 1. The van der Waals surface area contributed by atoms with Crippen LogP contribution in [-0.4, -0.2) is 34.5 Å². The van der Waals surface area contributed by atoms with Gasteiger partial charge < -0.3 is 10.4 Å². The zero-order chi connectivity index (χ0) is 12.3. The van der Waals surface area contributed by atoms with Crippen molar-refractivity contribution in [2.24, 2.45) is 5.41 Å². The van der Waals surface area contributed by atoms with Crippen LogP contribution in [0.5, 0.6) is 0 Å². The van der Waals surface area contributed by atoms with Crippen LogP contribution in [-0.2, 0) is 0 Å². The average Bonchev–Trinajstić information content (AvgIpc) is 3.07. The van der Waals surface area contributed by atoms with E-state index >= 15 is 0 Å². The summed E-state index contributed by atoms with van der Waals surface area (Å²) in [6.07, 6.45) is 5.13. The van der Waals surface area contributed by atoms with E-state index in [2.05, 4.69) is 15.3 Å². The van der Waals surface area contributed by atoms with Crippen molar-refractivity contribution in [1.82, 2.24) is 9.97 Å². The van der Waals surface area contributed by atoms with Crippen LogP contribution in [0.2, 0.25) is 5.15 Å². The first-order valence-electron chi connectivity index (χ1n) is 5.61. The molecule has 0 radical (unpaired) electrons. The van der Waals surface area contributed by atoms with Gasteiger partial charge in [0.2, 0.25) is 0 Å². The van der Waals surface area contributed by atoms with Crippen LogP contribution >= 0.6 is 23.4 Å². The molecule has 2 N–H and O–H groups in total. The lowest BCUT2D eigenvalue weighted by molar-refractivity contribution is 0.253. The van der Waals surface area contributed by atoms with Gasteiger partial charge in [-0.25, -0.2) is 9.97 Å². The zero-order valence-corrected chi connectivity index (χ0v) is 11.3. The second-order valence-corrected chi connectivity index (χ2v) is 5.55. The number of aromatic nitrogens is 2. The van der Waals surface area contributed by atoms with Crippen LogP contribution < -0.4 is 5.32 Å². The molecule has 6 heteroatoms. The average molecular weight is 274 g/mol. The van der Waals surface area contributed by atoms with Gasteiger partial charge in [-0.2, -0.15) is 0 Å². The van der Waals surface area contributed by atoms with Gasteiger partial charge in [0.1, 0.15) is 11.0 Å². The summed E-state index contributed by atoms with van der Waals surface area (Å²) in [5.41, 5.74) is 0.270. The molecule has 0 amide bonds. The molecule has 0 aliphatic heterocycles. The molecular weight excluding hydrogens is 258 g/mol. The van der Waals surface area contributed by atoms with Gasteiger partial charge in [0, 0.05) is 19.2 Å². The highest BCUT2D eigenvalue weighted by molar-refractivity contribution is 7.98. The Balaban J connectivity index is 1.97. The molecule has 0 saturated heterocycles. The topological polar surface area (TPSA) is 58.0 Å². The zero-order valence-electron chi connectivity index (χ0n) is 9.74. The van der Waals surface area contributed by atoms with E-state index < -0.39 is 0 Å². The molecule has 0 aromatic carbocycles. The van der Waals surface area contributed by atoms with Crippen LogP contribution in [0.3, 0.4) is 0 Å². The number of thioether (sulfide) groups is 1. The Morgan fingerprint density at radius 1 is 1.53 bits per heavy atom. The quantitative estimate of drug-likeness (QED) is 0.474. The Hall–Kier alpha value is -0.520. The Labute approximate surface area is 110 Å². The molecule has 17 heavy (non-hydrogen) atoms. The van der Waals surface area contributed by atoms with Crippen LogP contribution in [0.15, 0.2) is 11.2 Å². The van der Waals surface area contributed by atoms with Crippen molar-refractivity contribution in [3.63, 3.8) is 0 Å². The van der Waals surface area contributed by atoms with Gasteiger partial charge in [-0.05, 0) is 30.9 Å². The smallest absolute Gasteiger partial charge is 0.190 e. The fourth-order valence-corrected chi connectivity index (χ4v) is 2.40. The first-order chi connectivity index (χ1) is 8.17. The Bertz CT molecular complexity index is 398. The molecule has 94 valence electrons. The first-order valence-corrected chi connectivity index (χ1v) is 7.21. The number of hydrogen-bond acceptors (Lipinski definition) is 5. The largest absolute Gasteiger partial charge is 0.396 e. The number of nitrogens with zero attached hydrogens (tertiary/aromatic N) is 2. The van der Waals surface area contributed by atoms with Gasteiger partial charge in [-0.1, -0.05) is 23.4 Å². The second-order valence-electron chi connectivity index (χ2n) is 4.39. The van der Waals surface area contributed by atoms with E-state index in [1.54, 1.807) is 6.07 Å². The Morgan fingerprint density at radius 2 is 2.29 bits per heavy atom. The van der Waals surface area contributed by atoms with E-state index in [9.17, 15) is 0 Å². The molecule has 2 rings (SSSR count). The Kier molecular flexibility index (Phi) is 4.12. The maximum absolute atomic E-state index is 8.99. The lowest BCUT2D eigenvalue weighted by atomic mass is 10.0. The summed E-state index contributed by atoms with van der Waals surface area (Å²) in [6.45, 7) is 1.09. The van der Waals surface area contributed by atoms with Gasteiger partial charge in [-0.15, -0.1) is 0 Å².